The van der Waals surface area contributed by atoms with Crippen molar-refractivity contribution < 1.29 is 17.9 Å². The molecule has 10 rings (SSSR count). The largest absolute Gasteiger partial charge is 0.494 e. The lowest BCUT2D eigenvalue weighted by Crippen LogP contribution is -2.53. The Balaban J connectivity index is 1.07. The van der Waals surface area contributed by atoms with Gasteiger partial charge < -0.3 is 18.8 Å². The number of fused-ring (bicyclic) bond motifs is 2. The van der Waals surface area contributed by atoms with E-state index in [4.69, 9.17) is 14.7 Å². The molecule has 5 fully saturated rings. The number of hydrogen-bond acceptors (Lipinski definition) is 7. The number of carbonyl (C=O) groups is 1. The highest BCUT2D eigenvalue weighted by atomic mass is 32.2. The van der Waals surface area contributed by atoms with Crippen molar-refractivity contribution in [3.05, 3.63) is 71.9 Å². The molecule has 3 saturated carbocycles. The van der Waals surface area contributed by atoms with Crippen LogP contribution >= 0.6 is 0 Å². The van der Waals surface area contributed by atoms with E-state index in [0.717, 1.165) is 59.1 Å². The lowest BCUT2D eigenvalue weighted by molar-refractivity contribution is -0.0204. The Bertz CT molecular complexity index is 2340. The summed E-state index contributed by atoms with van der Waals surface area (Å²) >= 11 is 0. The first-order valence-corrected chi connectivity index (χ1v) is 19.1. The highest BCUT2D eigenvalue weighted by Gasteiger charge is 2.61. The van der Waals surface area contributed by atoms with Gasteiger partial charge in [0.2, 0.25) is 10.0 Å². The van der Waals surface area contributed by atoms with Gasteiger partial charge in [-0.25, -0.2) is 18.4 Å². The predicted molar refractivity (Wildman–Crippen MR) is 190 cm³/mol. The SMILES string of the molecule is C/N=C\c1ccc(S(=O)(=O)N2CC(n3c(-c4cc5cccnc5n4CC4CC4)nc4cc(C(=O)N5CC6CC7CC5[C@H]76)cc(OC)c43)C2)cc1. The third kappa shape index (κ3) is 4.46. The molecule has 4 atom stereocenters. The van der Waals surface area contributed by atoms with Gasteiger partial charge in [0.25, 0.3) is 5.91 Å². The molecule has 1 amide bonds. The molecule has 3 unspecified atom stereocenters. The first kappa shape index (κ1) is 30.3. The summed E-state index contributed by atoms with van der Waals surface area (Å²) in [6, 6.07) is 16.9. The Kier molecular flexibility index (Phi) is 6.65. The molecule has 2 saturated heterocycles. The molecule has 256 valence electrons. The third-order valence-corrected chi connectivity index (χ3v) is 13.9. The topological polar surface area (TPSA) is 115 Å². The van der Waals surface area contributed by atoms with Crippen molar-refractivity contribution in [3.63, 3.8) is 0 Å². The molecule has 0 bridgehead atoms. The van der Waals surface area contributed by atoms with Crippen molar-refractivity contribution in [2.45, 2.75) is 49.2 Å². The van der Waals surface area contributed by atoms with Crippen LogP contribution in [0.4, 0.5) is 0 Å². The summed E-state index contributed by atoms with van der Waals surface area (Å²) in [5, 5.41) is 1.03. The highest BCUT2D eigenvalue weighted by Crippen LogP contribution is 2.61. The normalized spacial score (nSPS) is 24.8. The number of ether oxygens (including phenoxy) is 1. The zero-order chi connectivity index (χ0) is 33.9. The Morgan fingerprint density at radius 2 is 1.86 bits per heavy atom. The number of amides is 1. The smallest absolute Gasteiger partial charge is 0.254 e. The Morgan fingerprint density at radius 3 is 2.58 bits per heavy atom. The molecule has 50 heavy (non-hydrogen) atoms. The van der Waals surface area contributed by atoms with Gasteiger partial charge in [-0.1, -0.05) is 12.1 Å². The van der Waals surface area contributed by atoms with E-state index in [9.17, 15) is 13.2 Å². The van der Waals surface area contributed by atoms with Gasteiger partial charge in [-0.15, -0.1) is 0 Å². The van der Waals surface area contributed by atoms with Crippen molar-refractivity contribution in [1.29, 1.82) is 0 Å². The number of methoxy groups -OCH3 is 1. The number of sulfonamides is 1. The third-order valence-electron chi connectivity index (χ3n) is 12.0. The number of aromatic nitrogens is 4. The van der Waals surface area contributed by atoms with Crippen LogP contribution in [0.3, 0.4) is 0 Å². The quantitative estimate of drug-likeness (QED) is 0.196. The van der Waals surface area contributed by atoms with Crippen LogP contribution in [-0.4, -0.2) is 88.7 Å². The van der Waals surface area contributed by atoms with Crippen molar-refractivity contribution in [1.82, 2.24) is 28.3 Å². The average Bonchev–Trinajstić information content (AvgIpc) is 3.73. The van der Waals surface area contributed by atoms with Gasteiger partial charge in [0.05, 0.1) is 29.3 Å². The lowest BCUT2D eigenvalue weighted by Gasteiger charge is -2.52. The summed E-state index contributed by atoms with van der Waals surface area (Å²) in [7, 11) is -0.397. The minimum atomic E-state index is -3.72. The van der Waals surface area contributed by atoms with E-state index in [1.807, 2.05) is 24.4 Å². The van der Waals surface area contributed by atoms with Gasteiger partial charge in [0.15, 0.2) is 5.82 Å². The maximum Gasteiger partial charge on any atom is 0.254 e. The van der Waals surface area contributed by atoms with Gasteiger partial charge in [-0.2, -0.15) is 4.31 Å². The van der Waals surface area contributed by atoms with E-state index in [2.05, 4.69) is 31.2 Å². The Hall–Kier alpha value is -4.55. The number of rotatable bonds is 9. The molecule has 3 aromatic heterocycles. The van der Waals surface area contributed by atoms with E-state index in [0.29, 0.717) is 40.6 Å². The lowest BCUT2D eigenvalue weighted by atomic mass is 9.53. The standard InChI is InChI=1S/C38H39N7O4S/c1-39-17-22-7-9-29(10-8-22)50(47,48)42-20-28(21-42)45-35-30(41-37(45)32-14-24-4-3-11-40-36(24)43(32)18-23-5-6-23)13-26(16-33(35)49-2)38(46)44-19-27-12-25-15-31(44)34(25)27/h3-4,7-11,13-14,16-17,23,25,27-28,31,34H,5-6,12,15,18-21H2,1-2H3/b39-17-/t25?,27?,31?,34-/m1/s1. The molecule has 0 spiro atoms. The molecule has 3 aliphatic carbocycles. The first-order chi connectivity index (χ1) is 24.3. The molecule has 11 nitrogen and oxygen atoms in total. The number of pyridine rings is 1. The van der Waals surface area contributed by atoms with Crippen LogP contribution in [0.1, 0.15) is 47.6 Å². The monoisotopic (exact) mass is 689 g/mol. The number of nitrogens with zero attached hydrogens (tertiary/aromatic N) is 7. The zero-order valence-corrected chi connectivity index (χ0v) is 29.0. The van der Waals surface area contributed by atoms with Crippen LogP contribution in [0.25, 0.3) is 33.6 Å². The summed E-state index contributed by atoms with van der Waals surface area (Å²) < 4.78 is 39.5. The number of aliphatic imine (C=N–C) groups is 1. The molecular formula is C38H39N7O4S. The van der Waals surface area contributed by atoms with E-state index >= 15 is 0 Å². The van der Waals surface area contributed by atoms with Gasteiger partial charge in [-0.3, -0.25) is 9.79 Å². The maximum absolute atomic E-state index is 14.1. The van der Waals surface area contributed by atoms with Crippen LogP contribution in [-0.2, 0) is 16.6 Å². The van der Waals surface area contributed by atoms with Crippen LogP contribution in [0.2, 0.25) is 0 Å². The van der Waals surface area contributed by atoms with Crippen molar-refractivity contribution in [2.24, 2.45) is 28.7 Å². The molecular weight excluding hydrogens is 651 g/mol. The average molecular weight is 690 g/mol. The van der Waals surface area contributed by atoms with Gasteiger partial charge in [-0.05, 0) is 97.4 Å². The molecule has 2 aromatic carbocycles. The van der Waals surface area contributed by atoms with E-state index in [-0.39, 0.29) is 29.9 Å². The molecule has 2 aliphatic heterocycles. The summed E-state index contributed by atoms with van der Waals surface area (Å²) in [5.41, 5.74) is 4.71. The first-order valence-electron chi connectivity index (χ1n) is 17.7. The molecule has 0 radical (unpaired) electrons. The van der Waals surface area contributed by atoms with Crippen LogP contribution in [0.5, 0.6) is 5.75 Å². The fourth-order valence-corrected chi connectivity index (χ4v) is 10.7. The number of carbonyl (C=O) groups excluding carboxylic acids is 1. The van der Waals surface area contributed by atoms with Crippen molar-refractivity contribution in [2.75, 3.05) is 33.8 Å². The zero-order valence-electron chi connectivity index (χ0n) is 28.1. The fraction of sp³-hybridized carbons (Fsp3) is 0.421. The second-order valence-corrected chi connectivity index (χ2v) is 16.8. The minimum Gasteiger partial charge on any atom is -0.494 e. The predicted octanol–water partition coefficient (Wildman–Crippen LogP) is 5.25. The summed E-state index contributed by atoms with van der Waals surface area (Å²) in [6.07, 6.45) is 8.25. The maximum atomic E-state index is 14.1. The number of benzene rings is 2. The summed E-state index contributed by atoms with van der Waals surface area (Å²) in [4.78, 5) is 30.5. The Labute approximate surface area is 290 Å². The van der Waals surface area contributed by atoms with Gasteiger partial charge >= 0.3 is 0 Å². The molecule has 12 heteroatoms. The van der Waals surface area contributed by atoms with Gasteiger partial charge in [0, 0.05) is 62.6 Å². The van der Waals surface area contributed by atoms with E-state index < -0.39 is 10.0 Å². The van der Waals surface area contributed by atoms with E-state index in [1.165, 1.54) is 23.6 Å². The van der Waals surface area contributed by atoms with Crippen LogP contribution in [0, 0.1) is 23.7 Å². The summed E-state index contributed by atoms with van der Waals surface area (Å²) in [6.45, 7) is 2.23. The molecule has 5 aromatic rings. The fourth-order valence-electron chi connectivity index (χ4n) is 9.19. The number of imidazole rings is 1. The second-order valence-electron chi connectivity index (χ2n) is 14.9. The van der Waals surface area contributed by atoms with Crippen LogP contribution < -0.4 is 4.74 Å². The number of hydrogen-bond donors (Lipinski definition) is 0. The van der Waals surface area contributed by atoms with E-state index in [1.54, 1.807) is 44.6 Å². The molecule has 5 aliphatic rings. The van der Waals surface area contributed by atoms with Crippen LogP contribution in [0.15, 0.2) is 70.7 Å². The van der Waals surface area contributed by atoms with Crippen molar-refractivity contribution in [3.8, 4) is 17.3 Å². The minimum absolute atomic E-state index is 0.0448. The van der Waals surface area contributed by atoms with Gasteiger partial charge in [0.1, 0.15) is 16.9 Å². The Morgan fingerprint density at radius 1 is 1.04 bits per heavy atom. The molecule has 0 N–H and O–H groups in total. The van der Waals surface area contributed by atoms with Crippen molar-refractivity contribution >= 4 is 44.2 Å². The summed E-state index contributed by atoms with van der Waals surface area (Å²) in [5.74, 6) is 4.05. The highest BCUT2D eigenvalue weighted by molar-refractivity contribution is 7.89. The molecule has 5 heterocycles. The number of likely N-dealkylation sites (tertiary alicyclic amines) is 1. The second kappa shape index (κ2) is 11.0.